The van der Waals surface area contributed by atoms with Crippen molar-refractivity contribution in [1.29, 1.82) is 0 Å². The third kappa shape index (κ3) is 1.61. The van der Waals surface area contributed by atoms with E-state index in [1.807, 2.05) is 11.0 Å². The molecule has 4 heterocycles. The molecule has 0 radical (unpaired) electrons. The zero-order chi connectivity index (χ0) is 17.6. The lowest BCUT2D eigenvalue weighted by molar-refractivity contribution is -0.156. The topological polar surface area (TPSA) is 53.0 Å². The van der Waals surface area contributed by atoms with Crippen molar-refractivity contribution in [2.24, 2.45) is 11.8 Å². The largest absolute Gasteiger partial charge is 0.368 e. The van der Waals surface area contributed by atoms with E-state index in [4.69, 9.17) is 4.74 Å². The number of para-hydroxylation sites is 1. The molecule has 4 aliphatic heterocycles. The summed E-state index contributed by atoms with van der Waals surface area (Å²) in [7, 11) is 0. The summed E-state index contributed by atoms with van der Waals surface area (Å²) in [4.78, 5) is 17.4. The lowest BCUT2D eigenvalue weighted by Crippen LogP contribution is -2.66. The van der Waals surface area contributed by atoms with Crippen LogP contribution in [0.5, 0.6) is 0 Å². The lowest BCUT2D eigenvalue weighted by atomic mass is 9.55. The molecule has 1 unspecified atom stereocenters. The maximum absolute atomic E-state index is 12.8. The molecule has 136 valence electrons. The van der Waals surface area contributed by atoms with Gasteiger partial charge in [0.25, 0.3) is 0 Å². The van der Waals surface area contributed by atoms with Gasteiger partial charge in [0.1, 0.15) is 0 Å². The molecular weight excluding hydrogens is 328 g/mol. The monoisotopic (exact) mass is 352 g/mol. The van der Waals surface area contributed by atoms with E-state index in [-0.39, 0.29) is 23.3 Å². The van der Waals surface area contributed by atoms with Crippen LogP contribution in [0.15, 0.2) is 35.9 Å². The van der Waals surface area contributed by atoms with Crippen molar-refractivity contribution in [2.45, 2.75) is 43.6 Å². The van der Waals surface area contributed by atoms with Gasteiger partial charge in [0.05, 0.1) is 12.6 Å². The van der Waals surface area contributed by atoms with E-state index < -0.39 is 6.29 Å². The van der Waals surface area contributed by atoms with Crippen molar-refractivity contribution in [3.63, 3.8) is 0 Å². The van der Waals surface area contributed by atoms with Crippen molar-refractivity contribution in [1.82, 2.24) is 4.90 Å². The van der Waals surface area contributed by atoms with E-state index in [0.29, 0.717) is 18.6 Å². The van der Waals surface area contributed by atoms with Crippen LogP contribution in [-0.2, 0) is 14.9 Å². The van der Waals surface area contributed by atoms with E-state index in [9.17, 15) is 9.90 Å². The molecule has 0 aromatic heterocycles. The highest BCUT2D eigenvalue weighted by molar-refractivity contribution is 5.96. The van der Waals surface area contributed by atoms with Crippen molar-refractivity contribution < 1.29 is 14.6 Å². The molecule has 3 fully saturated rings. The van der Waals surface area contributed by atoms with Crippen molar-refractivity contribution in [3.8, 4) is 0 Å². The molecule has 1 saturated carbocycles. The molecule has 1 aromatic rings. The minimum Gasteiger partial charge on any atom is -0.368 e. The van der Waals surface area contributed by atoms with Crippen LogP contribution in [0.2, 0.25) is 0 Å². The van der Waals surface area contributed by atoms with Gasteiger partial charge in [-0.2, -0.15) is 0 Å². The molecule has 26 heavy (non-hydrogen) atoms. The number of amides is 1. The molecule has 1 aromatic carbocycles. The van der Waals surface area contributed by atoms with Crippen molar-refractivity contribution in [2.75, 3.05) is 24.6 Å². The van der Waals surface area contributed by atoms with E-state index in [2.05, 4.69) is 29.2 Å². The summed E-state index contributed by atoms with van der Waals surface area (Å²) < 4.78 is 5.78. The Kier molecular flexibility index (Phi) is 2.94. The van der Waals surface area contributed by atoms with Crippen LogP contribution in [0, 0.1) is 11.8 Å². The Balaban J connectivity index is 1.64. The second-order valence-corrected chi connectivity index (χ2v) is 8.55. The molecular formula is C21H24N2O3. The zero-order valence-corrected chi connectivity index (χ0v) is 15.0. The first-order valence-corrected chi connectivity index (χ1v) is 9.75. The Morgan fingerprint density at radius 1 is 1.35 bits per heavy atom. The summed E-state index contributed by atoms with van der Waals surface area (Å²) in [5, 5.41) is 11.0. The summed E-state index contributed by atoms with van der Waals surface area (Å²) in [6.07, 6.45) is 3.47. The number of piperidine rings is 1. The number of anilines is 1. The maximum Gasteiger partial charge on any atom is 0.224 e. The molecule has 1 spiro atoms. The average Bonchev–Trinajstić information content (AvgIpc) is 3.10. The van der Waals surface area contributed by atoms with Crippen molar-refractivity contribution in [3.05, 3.63) is 41.5 Å². The third-order valence-corrected chi connectivity index (χ3v) is 7.77. The van der Waals surface area contributed by atoms with Gasteiger partial charge >= 0.3 is 0 Å². The predicted molar refractivity (Wildman–Crippen MR) is 96.7 cm³/mol. The Labute approximate surface area is 153 Å². The fourth-order valence-corrected chi connectivity index (χ4v) is 6.99. The fourth-order valence-electron chi connectivity index (χ4n) is 6.99. The molecule has 6 atom stereocenters. The molecule has 1 N–H and O–H groups in total. The Morgan fingerprint density at radius 2 is 2.19 bits per heavy atom. The summed E-state index contributed by atoms with van der Waals surface area (Å²) >= 11 is 0. The zero-order valence-electron chi connectivity index (χ0n) is 15.0. The summed E-state index contributed by atoms with van der Waals surface area (Å²) in [6.45, 7) is 4.18. The van der Waals surface area contributed by atoms with Crippen LogP contribution in [0.25, 0.3) is 0 Å². The van der Waals surface area contributed by atoms with Crippen LogP contribution in [0.4, 0.5) is 5.69 Å². The van der Waals surface area contributed by atoms with E-state index in [1.54, 1.807) is 6.92 Å². The summed E-state index contributed by atoms with van der Waals surface area (Å²) in [6, 6.07) is 8.83. The Morgan fingerprint density at radius 3 is 3.04 bits per heavy atom. The predicted octanol–water partition coefficient (Wildman–Crippen LogP) is 1.66. The van der Waals surface area contributed by atoms with Gasteiger partial charge in [-0.15, -0.1) is 0 Å². The van der Waals surface area contributed by atoms with Gasteiger partial charge in [-0.1, -0.05) is 29.8 Å². The number of aliphatic hydroxyl groups excluding tert-OH is 1. The average molecular weight is 352 g/mol. The van der Waals surface area contributed by atoms with Gasteiger partial charge in [0, 0.05) is 36.5 Å². The van der Waals surface area contributed by atoms with Gasteiger partial charge in [-0.25, -0.2) is 0 Å². The number of fused-ring (bicyclic) bond motifs is 2. The van der Waals surface area contributed by atoms with Gasteiger partial charge in [0.15, 0.2) is 6.29 Å². The molecule has 6 rings (SSSR count). The highest BCUT2D eigenvalue weighted by Gasteiger charge is 2.69. The number of ether oxygens (including phenoxy) is 1. The molecule has 1 aliphatic carbocycles. The Bertz CT molecular complexity index is 836. The quantitative estimate of drug-likeness (QED) is 0.722. The standard InChI is InChI=1S/C21H24N2O3/c1-12(24)23-16-5-3-2-4-15(16)21-7-8-22-11-13-6-9-26-20(25)18(19(21)23)14(13)10-17(21)22/h2-6,14,17-20,25H,7-11H2,1H3/t14-,17-,18-,19-,20?,21+/m0/s1. The molecule has 2 saturated heterocycles. The maximum atomic E-state index is 12.8. The number of rotatable bonds is 0. The van der Waals surface area contributed by atoms with E-state index in [0.717, 1.165) is 31.6 Å². The summed E-state index contributed by atoms with van der Waals surface area (Å²) in [5.74, 6) is 0.317. The smallest absolute Gasteiger partial charge is 0.224 e. The Hall–Kier alpha value is -1.69. The minimum absolute atomic E-state index is 0.0250. The van der Waals surface area contributed by atoms with Gasteiger partial charge in [-0.05, 0) is 36.9 Å². The lowest BCUT2D eigenvalue weighted by Gasteiger charge is -2.56. The summed E-state index contributed by atoms with van der Waals surface area (Å²) in [5.41, 5.74) is 3.66. The number of benzene rings is 1. The SMILES string of the molecule is CC(=O)N1c2ccccc2[C@@]23CCN4CC5=CCOC(O)[C@H]([C@H]12)[C@H]5C[C@H]43. The molecule has 5 heteroatoms. The number of carbonyl (C=O) groups is 1. The number of hydrogen-bond acceptors (Lipinski definition) is 4. The first-order valence-electron chi connectivity index (χ1n) is 9.75. The van der Waals surface area contributed by atoms with E-state index >= 15 is 0 Å². The second-order valence-electron chi connectivity index (χ2n) is 8.55. The number of hydrogen-bond donors (Lipinski definition) is 1. The fraction of sp³-hybridized carbons (Fsp3) is 0.571. The first kappa shape index (κ1) is 15.4. The van der Waals surface area contributed by atoms with Crippen LogP contribution < -0.4 is 4.90 Å². The highest BCUT2D eigenvalue weighted by atomic mass is 16.6. The van der Waals surface area contributed by atoms with Gasteiger partial charge < -0.3 is 14.7 Å². The van der Waals surface area contributed by atoms with Crippen LogP contribution in [0.1, 0.15) is 25.3 Å². The van der Waals surface area contributed by atoms with Crippen LogP contribution >= 0.6 is 0 Å². The second kappa shape index (κ2) is 4.97. The molecule has 2 bridgehead atoms. The van der Waals surface area contributed by atoms with Gasteiger partial charge in [0.2, 0.25) is 5.91 Å². The van der Waals surface area contributed by atoms with E-state index in [1.165, 1.54) is 11.1 Å². The van der Waals surface area contributed by atoms with Crippen molar-refractivity contribution >= 4 is 11.6 Å². The first-order chi connectivity index (χ1) is 12.6. The number of aliphatic hydroxyl groups is 1. The third-order valence-electron chi connectivity index (χ3n) is 7.77. The minimum atomic E-state index is -0.820. The molecule has 1 amide bonds. The van der Waals surface area contributed by atoms with Crippen LogP contribution in [-0.4, -0.2) is 54.0 Å². The number of nitrogens with zero attached hydrogens (tertiary/aromatic N) is 2. The molecule has 5 aliphatic rings. The van der Waals surface area contributed by atoms with Crippen LogP contribution in [0.3, 0.4) is 0 Å². The molecule has 5 nitrogen and oxygen atoms in total. The highest BCUT2D eigenvalue weighted by Crippen LogP contribution is 2.64. The normalized spacial score (nSPS) is 42.8. The van der Waals surface area contributed by atoms with Gasteiger partial charge in [-0.3, -0.25) is 9.69 Å². The number of carbonyl (C=O) groups excluding carboxylic acids is 1.